The van der Waals surface area contributed by atoms with Gasteiger partial charge in [-0.15, -0.1) is 0 Å². The molecule has 1 aliphatic rings. The lowest BCUT2D eigenvalue weighted by molar-refractivity contribution is 0.598. The van der Waals surface area contributed by atoms with Crippen molar-refractivity contribution >= 4 is 11.4 Å². The van der Waals surface area contributed by atoms with E-state index in [9.17, 15) is 0 Å². The Hall–Kier alpha value is -1.96. The first kappa shape index (κ1) is 13.0. The zero-order valence-corrected chi connectivity index (χ0v) is 12.4. The van der Waals surface area contributed by atoms with Gasteiger partial charge < -0.3 is 10.6 Å². The molecule has 0 amide bonds. The van der Waals surface area contributed by atoms with Crippen LogP contribution in [0.5, 0.6) is 0 Å². The molecule has 2 aromatic rings. The number of hydrogen-bond acceptors (Lipinski definition) is 2. The van der Waals surface area contributed by atoms with Crippen molar-refractivity contribution in [2.75, 3.05) is 10.6 Å². The van der Waals surface area contributed by atoms with Crippen LogP contribution in [0.4, 0.5) is 11.4 Å². The molecular formula is C18H22N2. The fraction of sp³-hybridized carbons (Fsp3) is 0.333. The molecule has 104 valence electrons. The van der Waals surface area contributed by atoms with Gasteiger partial charge in [0.2, 0.25) is 0 Å². The molecule has 2 heteroatoms. The summed E-state index contributed by atoms with van der Waals surface area (Å²) >= 11 is 0. The maximum absolute atomic E-state index is 3.72. The first-order chi connectivity index (χ1) is 9.65. The van der Waals surface area contributed by atoms with Crippen LogP contribution in [0.3, 0.4) is 0 Å². The lowest BCUT2D eigenvalue weighted by Gasteiger charge is -2.34. The van der Waals surface area contributed by atoms with Crippen LogP contribution in [-0.2, 0) is 0 Å². The monoisotopic (exact) mass is 266 g/mol. The van der Waals surface area contributed by atoms with Crippen molar-refractivity contribution < 1.29 is 0 Å². The highest BCUT2D eigenvalue weighted by atomic mass is 15.0. The molecule has 20 heavy (non-hydrogen) atoms. The number of fused-ring (bicyclic) bond motifs is 1. The van der Waals surface area contributed by atoms with Crippen LogP contribution in [-0.4, -0.2) is 6.04 Å². The molecule has 0 radical (unpaired) electrons. The Balaban J connectivity index is 1.96. The van der Waals surface area contributed by atoms with Gasteiger partial charge in [-0.3, -0.25) is 0 Å². The van der Waals surface area contributed by atoms with Crippen molar-refractivity contribution in [1.82, 2.24) is 0 Å². The molecule has 0 fully saturated rings. The first-order valence-electron chi connectivity index (χ1n) is 7.33. The molecule has 3 rings (SSSR count). The molecule has 2 nitrogen and oxygen atoms in total. The molecule has 0 spiro atoms. The van der Waals surface area contributed by atoms with E-state index < -0.39 is 0 Å². The summed E-state index contributed by atoms with van der Waals surface area (Å²) in [4.78, 5) is 0. The summed E-state index contributed by atoms with van der Waals surface area (Å²) in [6, 6.07) is 15.9. The molecule has 2 atom stereocenters. The molecule has 0 aliphatic carbocycles. The molecule has 0 unspecified atom stereocenters. The van der Waals surface area contributed by atoms with Crippen LogP contribution in [0.2, 0.25) is 0 Å². The minimum atomic E-state index is 0.377. The van der Waals surface area contributed by atoms with Crippen molar-refractivity contribution in [3.05, 3.63) is 59.2 Å². The fourth-order valence-corrected chi connectivity index (χ4v) is 3.02. The van der Waals surface area contributed by atoms with Gasteiger partial charge in [0.05, 0.1) is 6.04 Å². The minimum absolute atomic E-state index is 0.377. The van der Waals surface area contributed by atoms with Crippen LogP contribution in [0.1, 0.15) is 36.1 Å². The Bertz CT molecular complexity index is 619. The van der Waals surface area contributed by atoms with Gasteiger partial charge in [-0.05, 0) is 49.9 Å². The Morgan fingerprint density at radius 2 is 1.75 bits per heavy atom. The predicted octanol–water partition coefficient (Wildman–Crippen LogP) is 4.66. The lowest BCUT2D eigenvalue weighted by atomic mass is 9.91. The molecule has 1 aliphatic heterocycles. The van der Waals surface area contributed by atoms with E-state index in [0.29, 0.717) is 12.1 Å². The van der Waals surface area contributed by atoms with Crippen molar-refractivity contribution in [3.63, 3.8) is 0 Å². The summed E-state index contributed by atoms with van der Waals surface area (Å²) in [5, 5.41) is 7.34. The van der Waals surface area contributed by atoms with E-state index in [-0.39, 0.29) is 0 Å². The van der Waals surface area contributed by atoms with Gasteiger partial charge >= 0.3 is 0 Å². The second-order valence-corrected chi connectivity index (χ2v) is 5.83. The average Bonchev–Trinajstić information content (AvgIpc) is 2.42. The summed E-state index contributed by atoms with van der Waals surface area (Å²) in [6.45, 7) is 6.58. The SMILES string of the molecule is Cc1ccccc1N[C@H]1C[C@@H](C)Nc2c(C)cccc21. The van der Waals surface area contributed by atoms with Crippen LogP contribution >= 0.6 is 0 Å². The Labute approximate surface area is 121 Å². The van der Waals surface area contributed by atoms with E-state index in [1.54, 1.807) is 0 Å². The number of nitrogens with one attached hydrogen (secondary N) is 2. The average molecular weight is 266 g/mol. The number of hydrogen-bond donors (Lipinski definition) is 2. The summed E-state index contributed by atoms with van der Waals surface area (Å²) in [6.07, 6.45) is 1.10. The van der Waals surface area contributed by atoms with E-state index in [1.807, 2.05) is 0 Å². The normalized spacial score (nSPS) is 20.9. The third-order valence-electron chi connectivity index (χ3n) is 4.14. The van der Waals surface area contributed by atoms with Crippen LogP contribution in [0, 0.1) is 13.8 Å². The van der Waals surface area contributed by atoms with Gasteiger partial charge in [-0.2, -0.15) is 0 Å². The molecular weight excluding hydrogens is 244 g/mol. The van der Waals surface area contributed by atoms with E-state index in [1.165, 1.54) is 28.1 Å². The van der Waals surface area contributed by atoms with Crippen molar-refractivity contribution in [1.29, 1.82) is 0 Å². The molecule has 2 aromatic carbocycles. The minimum Gasteiger partial charge on any atom is -0.382 e. The van der Waals surface area contributed by atoms with Crippen molar-refractivity contribution in [2.45, 2.75) is 39.3 Å². The second kappa shape index (κ2) is 5.20. The van der Waals surface area contributed by atoms with Gasteiger partial charge in [0.15, 0.2) is 0 Å². The largest absolute Gasteiger partial charge is 0.382 e. The number of anilines is 2. The molecule has 0 saturated heterocycles. The summed E-state index contributed by atoms with van der Waals surface area (Å²) in [7, 11) is 0. The highest BCUT2D eigenvalue weighted by Crippen LogP contribution is 2.37. The standard InChI is InChI=1S/C18H22N2/c1-12-7-4-5-10-16(12)20-17-11-14(3)19-18-13(2)8-6-9-15(17)18/h4-10,14,17,19-20H,11H2,1-3H3/t14-,17+/m1/s1. The third kappa shape index (κ3) is 2.38. The Morgan fingerprint density at radius 1 is 1.00 bits per heavy atom. The smallest absolute Gasteiger partial charge is 0.0553 e. The van der Waals surface area contributed by atoms with Crippen molar-refractivity contribution in [2.24, 2.45) is 0 Å². The lowest BCUT2D eigenvalue weighted by Crippen LogP contribution is -2.29. The number of aryl methyl sites for hydroxylation is 2. The van der Waals surface area contributed by atoms with E-state index in [4.69, 9.17) is 0 Å². The molecule has 0 saturated carbocycles. The summed E-state index contributed by atoms with van der Waals surface area (Å²) < 4.78 is 0. The van der Waals surface area contributed by atoms with Crippen LogP contribution in [0.25, 0.3) is 0 Å². The van der Waals surface area contributed by atoms with E-state index in [2.05, 4.69) is 73.9 Å². The topological polar surface area (TPSA) is 24.1 Å². The van der Waals surface area contributed by atoms with Crippen LogP contribution < -0.4 is 10.6 Å². The predicted molar refractivity (Wildman–Crippen MR) is 86.4 cm³/mol. The first-order valence-corrected chi connectivity index (χ1v) is 7.33. The Kier molecular flexibility index (Phi) is 3.39. The van der Waals surface area contributed by atoms with Crippen LogP contribution in [0.15, 0.2) is 42.5 Å². The van der Waals surface area contributed by atoms with E-state index >= 15 is 0 Å². The fourth-order valence-electron chi connectivity index (χ4n) is 3.02. The third-order valence-corrected chi connectivity index (χ3v) is 4.14. The Morgan fingerprint density at radius 3 is 2.55 bits per heavy atom. The maximum Gasteiger partial charge on any atom is 0.0553 e. The quantitative estimate of drug-likeness (QED) is 0.826. The van der Waals surface area contributed by atoms with Gasteiger partial charge in [-0.1, -0.05) is 36.4 Å². The second-order valence-electron chi connectivity index (χ2n) is 5.83. The van der Waals surface area contributed by atoms with Gasteiger partial charge in [0.25, 0.3) is 0 Å². The van der Waals surface area contributed by atoms with Gasteiger partial charge in [0, 0.05) is 17.4 Å². The van der Waals surface area contributed by atoms with Gasteiger partial charge in [0.1, 0.15) is 0 Å². The highest BCUT2D eigenvalue weighted by Gasteiger charge is 2.25. The molecule has 1 heterocycles. The number of para-hydroxylation sites is 2. The van der Waals surface area contributed by atoms with E-state index in [0.717, 1.165) is 6.42 Å². The summed E-state index contributed by atoms with van der Waals surface area (Å²) in [5.41, 5.74) is 6.54. The zero-order valence-electron chi connectivity index (χ0n) is 12.4. The van der Waals surface area contributed by atoms with Gasteiger partial charge in [-0.25, -0.2) is 0 Å². The number of benzene rings is 2. The maximum atomic E-state index is 3.72. The molecule has 0 bridgehead atoms. The number of rotatable bonds is 2. The zero-order chi connectivity index (χ0) is 14.1. The summed E-state index contributed by atoms with van der Waals surface area (Å²) in [5.74, 6) is 0. The molecule has 2 N–H and O–H groups in total. The highest BCUT2D eigenvalue weighted by molar-refractivity contribution is 5.63. The van der Waals surface area contributed by atoms with Crippen molar-refractivity contribution in [3.8, 4) is 0 Å². The molecule has 0 aromatic heterocycles.